The summed E-state index contributed by atoms with van der Waals surface area (Å²) < 4.78 is 76.9. The van der Waals surface area contributed by atoms with Gasteiger partial charge in [0.15, 0.2) is 11.5 Å². The third-order valence-corrected chi connectivity index (χ3v) is 4.66. The fraction of sp³-hybridized carbons (Fsp3) is 0.227. The van der Waals surface area contributed by atoms with Gasteiger partial charge in [0.25, 0.3) is 5.91 Å². The first kappa shape index (κ1) is 23.1. The molecule has 0 spiro atoms. The molecule has 0 aliphatic heterocycles. The summed E-state index contributed by atoms with van der Waals surface area (Å²) in [4.78, 5) is 12.5. The first-order chi connectivity index (χ1) is 15.0. The molecular formula is C22H18F5NO4. The smallest absolute Gasteiger partial charge is 0.291 e. The molecule has 1 heterocycles. The van der Waals surface area contributed by atoms with E-state index in [-0.39, 0.29) is 23.2 Å². The number of amides is 1. The summed E-state index contributed by atoms with van der Waals surface area (Å²) in [5, 5.41) is 12.6. The number of furan rings is 1. The number of carbonyl (C=O) groups is 1. The van der Waals surface area contributed by atoms with Gasteiger partial charge in [-0.25, -0.2) is 13.2 Å². The number of rotatable bonds is 6. The highest BCUT2D eigenvalue weighted by Gasteiger charge is 2.27. The standard InChI is InChI=1S/C22H18F5NO4/c1-9(2)12-7-13(10(3)6-14(12)29)28-22(30)15-5-4-11(32-15)8-31-21-19(26)17(24)16(23)18(25)20(21)27/h4-7,9,29H,8H2,1-3H3,(H,28,30). The second kappa shape index (κ2) is 8.89. The number of halogens is 5. The van der Waals surface area contributed by atoms with Crippen LogP contribution in [0.2, 0.25) is 0 Å². The van der Waals surface area contributed by atoms with Crippen molar-refractivity contribution in [1.29, 1.82) is 0 Å². The molecule has 170 valence electrons. The highest BCUT2D eigenvalue weighted by atomic mass is 19.2. The number of carbonyl (C=O) groups excluding carboxylic acids is 1. The van der Waals surface area contributed by atoms with Crippen molar-refractivity contribution in [3.8, 4) is 11.5 Å². The predicted octanol–water partition coefficient (Wildman–Crippen LogP) is 5.94. The number of hydrogen-bond donors (Lipinski definition) is 2. The van der Waals surface area contributed by atoms with Crippen LogP contribution in [0, 0.1) is 36.0 Å². The number of hydrogen-bond acceptors (Lipinski definition) is 4. The molecule has 1 aromatic heterocycles. The maximum absolute atomic E-state index is 13.7. The molecule has 0 radical (unpaired) electrons. The highest BCUT2D eigenvalue weighted by Crippen LogP contribution is 2.32. The van der Waals surface area contributed by atoms with Crippen LogP contribution in [0.5, 0.6) is 11.5 Å². The molecule has 0 atom stereocenters. The Morgan fingerprint density at radius 1 is 1.03 bits per heavy atom. The number of anilines is 1. The molecular weight excluding hydrogens is 437 g/mol. The molecule has 0 saturated carbocycles. The van der Waals surface area contributed by atoms with Gasteiger partial charge in [0, 0.05) is 5.69 Å². The molecule has 0 aliphatic rings. The summed E-state index contributed by atoms with van der Waals surface area (Å²) in [6.45, 7) is 4.74. The molecule has 5 nitrogen and oxygen atoms in total. The van der Waals surface area contributed by atoms with Gasteiger partial charge in [0.1, 0.15) is 18.1 Å². The molecule has 3 rings (SSSR count). The summed E-state index contributed by atoms with van der Waals surface area (Å²) in [5.41, 5.74) is 1.66. The Kier molecular flexibility index (Phi) is 6.42. The maximum atomic E-state index is 13.7. The predicted molar refractivity (Wildman–Crippen MR) is 104 cm³/mol. The number of benzene rings is 2. The summed E-state index contributed by atoms with van der Waals surface area (Å²) in [5.74, 6) is -13.1. The average Bonchev–Trinajstić information content (AvgIpc) is 3.21. The lowest BCUT2D eigenvalue weighted by atomic mass is 9.99. The Morgan fingerprint density at radius 2 is 1.62 bits per heavy atom. The lowest BCUT2D eigenvalue weighted by molar-refractivity contribution is 0.0992. The molecule has 0 bridgehead atoms. The summed E-state index contributed by atoms with van der Waals surface area (Å²) in [6, 6.07) is 5.65. The van der Waals surface area contributed by atoms with Gasteiger partial charge in [-0.2, -0.15) is 8.78 Å². The van der Waals surface area contributed by atoms with E-state index in [2.05, 4.69) is 5.32 Å². The van der Waals surface area contributed by atoms with E-state index in [9.17, 15) is 31.9 Å². The van der Waals surface area contributed by atoms with Crippen LogP contribution in [0.4, 0.5) is 27.6 Å². The summed E-state index contributed by atoms with van der Waals surface area (Å²) in [6.07, 6.45) is 0. The van der Waals surface area contributed by atoms with Crippen molar-refractivity contribution in [3.05, 3.63) is 76.0 Å². The van der Waals surface area contributed by atoms with Crippen LogP contribution in [0.15, 0.2) is 28.7 Å². The summed E-state index contributed by atoms with van der Waals surface area (Å²) >= 11 is 0. The van der Waals surface area contributed by atoms with Gasteiger partial charge in [0.05, 0.1) is 0 Å². The number of phenolic OH excluding ortho intramolecular Hbond substituents is 1. The van der Waals surface area contributed by atoms with E-state index in [1.54, 1.807) is 13.0 Å². The maximum Gasteiger partial charge on any atom is 0.291 e. The third-order valence-electron chi connectivity index (χ3n) is 4.66. The Bertz CT molecular complexity index is 1160. The lowest BCUT2D eigenvalue weighted by Gasteiger charge is -2.14. The number of aryl methyl sites for hydroxylation is 1. The molecule has 2 N–H and O–H groups in total. The highest BCUT2D eigenvalue weighted by molar-refractivity contribution is 6.02. The van der Waals surface area contributed by atoms with E-state index < -0.39 is 47.3 Å². The first-order valence-electron chi connectivity index (χ1n) is 9.39. The van der Waals surface area contributed by atoms with Crippen LogP contribution in [0.25, 0.3) is 0 Å². The normalized spacial score (nSPS) is 11.2. The monoisotopic (exact) mass is 455 g/mol. The minimum Gasteiger partial charge on any atom is -0.508 e. The molecule has 2 aromatic carbocycles. The van der Waals surface area contributed by atoms with E-state index in [1.165, 1.54) is 18.2 Å². The van der Waals surface area contributed by atoms with Gasteiger partial charge >= 0.3 is 0 Å². The quantitative estimate of drug-likeness (QED) is 0.209. The molecule has 3 aromatic rings. The van der Waals surface area contributed by atoms with Gasteiger partial charge in [-0.15, -0.1) is 0 Å². The van der Waals surface area contributed by atoms with E-state index in [4.69, 9.17) is 9.15 Å². The van der Waals surface area contributed by atoms with Crippen molar-refractivity contribution in [3.63, 3.8) is 0 Å². The van der Waals surface area contributed by atoms with Crippen molar-refractivity contribution in [2.75, 3.05) is 5.32 Å². The lowest BCUT2D eigenvalue weighted by Crippen LogP contribution is -2.12. The van der Waals surface area contributed by atoms with E-state index in [1.807, 2.05) is 13.8 Å². The van der Waals surface area contributed by atoms with Gasteiger partial charge in [-0.1, -0.05) is 13.8 Å². The van der Waals surface area contributed by atoms with E-state index in [0.717, 1.165) is 0 Å². The van der Waals surface area contributed by atoms with Gasteiger partial charge in [0.2, 0.25) is 29.1 Å². The first-order valence-corrected chi connectivity index (χ1v) is 9.39. The fourth-order valence-corrected chi connectivity index (χ4v) is 2.92. The zero-order chi connectivity index (χ0) is 23.7. The van der Waals surface area contributed by atoms with Crippen molar-refractivity contribution in [2.45, 2.75) is 33.3 Å². The summed E-state index contributed by atoms with van der Waals surface area (Å²) in [7, 11) is 0. The second-order valence-electron chi connectivity index (χ2n) is 7.29. The SMILES string of the molecule is Cc1cc(O)c(C(C)C)cc1NC(=O)c1ccc(COc2c(F)c(F)c(F)c(F)c2F)o1. The van der Waals surface area contributed by atoms with E-state index in [0.29, 0.717) is 16.8 Å². The van der Waals surface area contributed by atoms with Gasteiger partial charge < -0.3 is 19.6 Å². The number of aromatic hydroxyl groups is 1. The largest absolute Gasteiger partial charge is 0.508 e. The van der Waals surface area contributed by atoms with Crippen molar-refractivity contribution in [1.82, 2.24) is 0 Å². The number of nitrogens with one attached hydrogen (secondary N) is 1. The van der Waals surface area contributed by atoms with Crippen molar-refractivity contribution < 1.29 is 41.0 Å². The molecule has 1 amide bonds. The molecule has 0 unspecified atom stereocenters. The zero-order valence-corrected chi connectivity index (χ0v) is 17.2. The van der Waals surface area contributed by atoms with Crippen LogP contribution < -0.4 is 10.1 Å². The Hall–Kier alpha value is -3.56. The molecule has 32 heavy (non-hydrogen) atoms. The Balaban J connectivity index is 1.75. The van der Waals surface area contributed by atoms with Gasteiger partial charge in [-0.05, 0) is 48.2 Å². The fourth-order valence-electron chi connectivity index (χ4n) is 2.92. The van der Waals surface area contributed by atoms with Crippen LogP contribution in [-0.4, -0.2) is 11.0 Å². The van der Waals surface area contributed by atoms with Crippen molar-refractivity contribution >= 4 is 11.6 Å². The van der Waals surface area contributed by atoms with Crippen LogP contribution in [-0.2, 0) is 6.61 Å². The van der Waals surface area contributed by atoms with Crippen LogP contribution in [0.3, 0.4) is 0 Å². The number of phenols is 1. The topological polar surface area (TPSA) is 71.7 Å². The second-order valence-corrected chi connectivity index (χ2v) is 7.29. The van der Waals surface area contributed by atoms with E-state index >= 15 is 0 Å². The van der Waals surface area contributed by atoms with Gasteiger partial charge in [-0.3, -0.25) is 4.79 Å². The van der Waals surface area contributed by atoms with Crippen LogP contribution in [0.1, 0.15) is 47.2 Å². The molecule has 0 fully saturated rings. The van der Waals surface area contributed by atoms with Crippen LogP contribution >= 0.6 is 0 Å². The minimum absolute atomic E-state index is 0.000502. The molecule has 10 heteroatoms. The Labute approximate surface area is 179 Å². The van der Waals surface area contributed by atoms with Crippen molar-refractivity contribution in [2.24, 2.45) is 0 Å². The number of ether oxygens (including phenoxy) is 1. The molecule has 0 saturated heterocycles. The zero-order valence-electron chi connectivity index (χ0n) is 17.2. The molecule has 0 aliphatic carbocycles. The Morgan fingerprint density at radius 3 is 2.22 bits per heavy atom. The average molecular weight is 455 g/mol. The minimum atomic E-state index is -2.30. The third kappa shape index (κ3) is 4.39.